The van der Waals surface area contributed by atoms with Crippen LogP contribution >= 0.6 is 35.0 Å². The summed E-state index contributed by atoms with van der Waals surface area (Å²) in [6.45, 7) is 3.39. The van der Waals surface area contributed by atoms with Crippen molar-refractivity contribution in [2.45, 2.75) is 30.4 Å². The topological polar surface area (TPSA) is 58.2 Å². The molecule has 2 aromatic rings. The Balaban J connectivity index is 2.10. The van der Waals surface area contributed by atoms with Crippen molar-refractivity contribution in [3.8, 4) is 0 Å². The quantitative estimate of drug-likeness (QED) is 0.637. The molecule has 0 aliphatic carbocycles. The highest BCUT2D eigenvalue weighted by Gasteiger charge is 2.19. The van der Waals surface area contributed by atoms with Crippen molar-refractivity contribution in [2.75, 3.05) is 10.6 Å². The Morgan fingerprint density at radius 2 is 1.88 bits per heavy atom. The number of thioether (sulfide) groups is 1. The molecule has 0 aromatic heterocycles. The van der Waals surface area contributed by atoms with Crippen molar-refractivity contribution in [1.29, 1.82) is 0 Å². The molecule has 0 aliphatic heterocycles. The molecule has 0 bridgehead atoms. The minimum absolute atomic E-state index is 0.137. The second kappa shape index (κ2) is 9.13. The molecule has 0 heterocycles. The lowest BCUT2D eigenvalue weighted by Gasteiger charge is -2.16. The molecule has 25 heavy (non-hydrogen) atoms. The first-order valence-corrected chi connectivity index (χ1v) is 9.33. The van der Waals surface area contributed by atoms with E-state index < -0.39 is 0 Å². The fraction of sp³-hybridized carbons (Fsp3) is 0.222. The SMILES string of the molecule is CCC(Sc1cccc(NC(C)=O)c1)C(=O)Nc1cc(Cl)ccc1Cl. The molecule has 0 aliphatic rings. The molecule has 2 amide bonds. The minimum Gasteiger partial charge on any atom is -0.326 e. The Bertz CT molecular complexity index is 783. The van der Waals surface area contributed by atoms with Gasteiger partial charge in [-0.25, -0.2) is 0 Å². The lowest BCUT2D eigenvalue weighted by Crippen LogP contribution is -2.24. The van der Waals surface area contributed by atoms with Gasteiger partial charge in [-0.1, -0.05) is 36.2 Å². The smallest absolute Gasteiger partial charge is 0.237 e. The molecule has 132 valence electrons. The maximum absolute atomic E-state index is 12.6. The van der Waals surface area contributed by atoms with Crippen molar-refractivity contribution in [3.63, 3.8) is 0 Å². The van der Waals surface area contributed by atoms with Gasteiger partial charge in [0, 0.05) is 22.5 Å². The van der Waals surface area contributed by atoms with Crippen molar-refractivity contribution in [3.05, 3.63) is 52.5 Å². The Morgan fingerprint density at radius 3 is 2.56 bits per heavy atom. The van der Waals surface area contributed by atoms with Crippen LogP contribution in [0.5, 0.6) is 0 Å². The molecule has 2 aromatic carbocycles. The molecule has 2 rings (SSSR count). The van der Waals surface area contributed by atoms with E-state index in [2.05, 4.69) is 10.6 Å². The van der Waals surface area contributed by atoms with Crippen LogP contribution in [0.4, 0.5) is 11.4 Å². The van der Waals surface area contributed by atoms with E-state index in [-0.39, 0.29) is 17.1 Å². The highest BCUT2D eigenvalue weighted by Crippen LogP contribution is 2.30. The van der Waals surface area contributed by atoms with Crippen LogP contribution in [0.1, 0.15) is 20.3 Å². The van der Waals surface area contributed by atoms with Gasteiger partial charge in [-0.05, 0) is 42.8 Å². The predicted molar refractivity (Wildman–Crippen MR) is 106 cm³/mol. The van der Waals surface area contributed by atoms with E-state index in [1.54, 1.807) is 24.3 Å². The molecule has 1 atom stereocenters. The average molecular weight is 397 g/mol. The monoisotopic (exact) mass is 396 g/mol. The number of hydrogen-bond acceptors (Lipinski definition) is 3. The Morgan fingerprint density at radius 1 is 1.12 bits per heavy atom. The van der Waals surface area contributed by atoms with Gasteiger partial charge in [0.25, 0.3) is 0 Å². The number of hydrogen-bond donors (Lipinski definition) is 2. The number of carbonyl (C=O) groups excluding carboxylic acids is 2. The third-order valence-corrected chi connectivity index (χ3v) is 5.20. The van der Waals surface area contributed by atoms with E-state index in [0.29, 0.717) is 27.8 Å². The molecular weight excluding hydrogens is 379 g/mol. The first-order chi connectivity index (χ1) is 11.9. The van der Waals surface area contributed by atoms with Crippen LogP contribution in [0.3, 0.4) is 0 Å². The van der Waals surface area contributed by atoms with Gasteiger partial charge < -0.3 is 10.6 Å². The summed E-state index contributed by atoms with van der Waals surface area (Å²) < 4.78 is 0. The van der Waals surface area contributed by atoms with Gasteiger partial charge in [0.1, 0.15) is 0 Å². The Labute approximate surface area is 161 Å². The molecule has 0 saturated carbocycles. The fourth-order valence-electron chi connectivity index (χ4n) is 2.14. The highest BCUT2D eigenvalue weighted by atomic mass is 35.5. The lowest BCUT2D eigenvalue weighted by molar-refractivity contribution is -0.116. The van der Waals surface area contributed by atoms with E-state index in [1.165, 1.54) is 18.7 Å². The van der Waals surface area contributed by atoms with Crippen LogP contribution in [-0.2, 0) is 9.59 Å². The maximum atomic E-state index is 12.6. The van der Waals surface area contributed by atoms with Gasteiger partial charge in [-0.15, -0.1) is 11.8 Å². The van der Waals surface area contributed by atoms with E-state index >= 15 is 0 Å². The molecule has 0 fully saturated rings. The summed E-state index contributed by atoms with van der Waals surface area (Å²) in [6.07, 6.45) is 0.638. The standard InChI is InChI=1S/C18H18Cl2N2O2S/c1-3-17(18(24)22-16-9-12(19)7-8-15(16)20)25-14-6-4-5-13(10-14)21-11(2)23/h4-10,17H,3H2,1-2H3,(H,21,23)(H,22,24). The average Bonchev–Trinajstić information content (AvgIpc) is 2.55. The van der Waals surface area contributed by atoms with E-state index in [9.17, 15) is 9.59 Å². The van der Waals surface area contributed by atoms with Crippen LogP contribution in [0.25, 0.3) is 0 Å². The number of halogens is 2. The number of amides is 2. The van der Waals surface area contributed by atoms with Gasteiger partial charge in [-0.3, -0.25) is 9.59 Å². The van der Waals surface area contributed by atoms with Crippen LogP contribution in [0.2, 0.25) is 10.0 Å². The van der Waals surface area contributed by atoms with Crippen LogP contribution < -0.4 is 10.6 Å². The fourth-order valence-corrected chi connectivity index (χ4v) is 3.49. The molecule has 7 heteroatoms. The number of carbonyl (C=O) groups is 2. The van der Waals surface area contributed by atoms with Crippen molar-refractivity contribution >= 4 is 58.2 Å². The van der Waals surface area contributed by atoms with E-state index in [4.69, 9.17) is 23.2 Å². The number of benzene rings is 2. The Hall–Kier alpha value is -1.69. The molecule has 0 radical (unpaired) electrons. The second-order valence-corrected chi connectivity index (χ2v) is 7.46. The molecule has 0 saturated heterocycles. The first kappa shape index (κ1) is 19.6. The van der Waals surface area contributed by atoms with Crippen LogP contribution in [-0.4, -0.2) is 17.1 Å². The maximum Gasteiger partial charge on any atom is 0.237 e. The number of nitrogens with one attached hydrogen (secondary N) is 2. The summed E-state index contributed by atoms with van der Waals surface area (Å²) in [5.41, 5.74) is 1.19. The highest BCUT2D eigenvalue weighted by molar-refractivity contribution is 8.00. The van der Waals surface area contributed by atoms with Gasteiger partial charge in [-0.2, -0.15) is 0 Å². The minimum atomic E-state index is -0.303. The zero-order valence-electron chi connectivity index (χ0n) is 13.8. The van der Waals surface area contributed by atoms with Crippen LogP contribution in [0, 0.1) is 0 Å². The summed E-state index contributed by atoms with van der Waals surface area (Å²) in [5, 5.41) is 6.19. The number of rotatable bonds is 6. The van der Waals surface area contributed by atoms with E-state index in [1.807, 2.05) is 25.1 Å². The summed E-state index contributed by atoms with van der Waals surface area (Å²) in [5.74, 6) is -0.288. The van der Waals surface area contributed by atoms with Crippen molar-refractivity contribution < 1.29 is 9.59 Å². The second-order valence-electron chi connectivity index (χ2n) is 5.34. The zero-order valence-corrected chi connectivity index (χ0v) is 16.1. The van der Waals surface area contributed by atoms with Crippen molar-refractivity contribution in [2.24, 2.45) is 0 Å². The lowest BCUT2D eigenvalue weighted by atomic mass is 10.2. The van der Waals surface area contributed by atoms with Crippen LogP contribution in [0.15, 0.2) is 47.4 Å². The van der Waals surface area contributed by atoms with Gasteiger partial charge in [0.15, 0.2) is 0 Å². The number of anilines is 2. The van der Waals surface area contributed by atoms with Gasteiger partial charge in [0.05, 0.1) is 16.0 Å². The summed E-state index contributed by atoms with van der Waals surface area (Å²) in [6, 6.07) is 12.3. The molecule has 2 N–H and O–H groups in total. The molecular formula is C18H18Cl2N2O2S. The van der Waals surface area contributed by atoms with E-state index in [0.717, 1.165) is 4.90 Å². The summed E-state index contributed by atoms with van der Waals surface area (Å²) in [4.78, 5) is 24.6. The van der Waals surface area contributed by atoms with Gasteiger partial charge in [0.2, 0.25) is 11.8 Å². The first-order valence-electron chi connectivity index (χ1n) is 7.69. The normalized spacial score (nSPS) is 11.7. The Kier molecular flexibility index (Phi) is 7.17. The molecule has 4 nitrogen and oxygen atoms in total. The zero-order chi connectivity index (χ0) is 18.4. The molecule has 1 unspecified atom stereocenters. The van der Waals surface area contributed by atoms with Crippen molar-refractivity contribution in [1.82, 2.24) is 0 Å². The summed E-state index contributed by atoms with van der Waals surface area (Å²) >= 11 is 13.5. The largest absolute Gasteiger partial charge is 0.326 e. The third kappa shape index (κ3) is 5.96. The predicted octanol–water partition coefficient (Wildman–Crippen LogP) is 5.46. The molecule has 0 spiro atoms. The van der Waals surface area contributed by atoms with Gasteiger partial charge >= 0.3 is 0 Å². The summed E-state index contributed by atoms with van der Waals surface area (Å²) in [7, 11) is 0. The third-order valence-electron chi connectivity index (χ3n) is 3.28.